The summed E-state index contributed by atoms with van der Waals surface area (Å²) >= 11 is 0. The maximum absolute atomic E-state index is 13.3. The third kappa shape index (κ3) is 7.40. The Morgan fingerprint density at radius 2 is 1.26 bits per heavy atom. The van der Waals surface area contributed by atoms with Crippen LogP contribution in [0.2, 0.25) is 0 Å². The van der Waals surface area contributed by atoms with E-state index in [-0.39, 0.29) is 5.91 Å². The van der Waals surface area contributed by atoms with Crippen LogP contribution in [0.25, 0.3) is 11.1 Å². The Kier molecular flexibility index (Phi) is 8.92. The molecular weight excluding hydrogens is 537 g/mol. The van der Waals surface area contributed by atoms with E-state index in [9.17, 15) is 18.0 Å². The van der Waals surface area contributed by atoms with Crippen molar-refractivity contribution in [1.29, 1.82) is 0 Å². The molecule has 5 nitrogen and oxygen atoms in total. The molecule has 0 saturated heterocycles. The number of carbonyl (C=O) groups excluding carboxylic acids is 1. The number of anilines is 2. The lowest BCUT2D eigenvalue weighted by Gasteiger charge is -2.25. The molecule has 0 aliphatic rings. The van der Waals surface area contributed by atoms with Gasteiger partial charge in [-0.1, -0.05) is 42.5 Å². The van der Waals surface area contributed by atoms with E-state index >= 15 is 0 Å². The van der Waals surface area contributed by atoms with Crippen molar-refractivity contribution in [2.24, 2.45) is 0 Å². The molecule has 2 heterocycles. The normalized spacial score (nSPS) is 11.2. The topological polar surface area (TPSA) is 58.1 Å². The van der Waals surface area contributed by atoms with Crippen LogP contribution in [0.3, 0.4) is 0 Å². The largest absolute Gasteiger partial charge is 0.416 e. The number of aromatic nitrogens is 2. The van der Waals surface area contributed by atoms with Crippen molar-refractivity contribution in [2.75, 3.05) is 23.3 Å². The van der Waals surface area contributed by atoms with Gasteiger partial charge in [-0.25, -0.2) is 0 Å². The number of rotatable bonds is 10. The SMILES string of the molecule is O=C(Nc1ccc(N(CCc2ccccn2)CCc2ccccn2)cc1)c1ccccc1-c1ccc(C(F)(F)F)cc1. The minimum atomic E-state index is -4.42. The molecule has 0 aliphatic heterocycles. The zero-order chi connectivity index (χ0) is 29.4. The zero-order valence-corrected chi connectivity index (χ0v) is 22.8. The molecule has 0 aliphatic carbocycles. The first-order chi connectivity index (χ1) is 20.4. The van der Waals surface area contributed by atoms with E-state index in [0.29, 0.717) is 22.4 Å². The lowest BCUT2D eigenvalue weighted by molar-refractivity contribution is -0.137. The summed E-state index contributed by atoms with van der Waals surface area (Å²) in [6.45, 7) is 1.52. The van der Waals surface area contributed by atoms with Crippen LogP contribution in [-0.4, -0.2) is 29.0 Å². The highest BCUT2D eigenvalue weighted by Gasteiger charge is 2.30. The molecule has 1 amide bonds. The van der Waals surface area contributed by atoms with Crippen molar-refractivity contribution in [3.05, 3.63) is 144 Å². The van der Waals surface area contributed by atoms with E-state index in [1.807, 2.05) is 60.7 Å². The fourth-order valence-corrected chi connectivity index (χ4v) is 4.69. The van der Waals surface area contributed by atoms with Gasteiger partial charge in [-0.3, -0.25) is 14.8 Å². The number of nitrogens with one attached hydrogen (secondary N) is 1. The highest BCUT2D eigenvalue weighted by atomic mass is 19.4. The van der Waals surface area contributed by atoms with Crippen LogP contribution in [0.1, 0.15) is 27.3 Å². The Morgan fingerprint density at radius 1 is 0.690 bits per heavy atom. The molecule has 0 saturated carbocycles. The summed E-state index contributed by atoms with van der Waals surface area (Å²) in [5, 5.41) is 2.93. The fraction of sp³-hybridized carbons (Fsp3) is 0.147. The minimum Gasteiger partial charge on any atom is -0.371 e. The van der Waals surface area contributed by atoms with Gasteiger partial charge in [0.1, 0.15) is 0 Å². The van der Waals surface area contributed by atoms with E-state index in [1.165, 1.54) is 12.1 Å². The van der Waals surface area contributed by atoms with Crippen LogP contribution in [-0.2, 0) is 19.0 Å². The number of halogens is 3. The second kappa shape index (κ2) is 13.1. The summed E-state index contributed by atoms with van der Waals surface area (Å²) in [6.07, 6.45) is 0.722. The van der Waals surface area contributed by atoms with Gasteiger partial charge in [0.25, 0.3) is 5.91 Å². The van der Waals surface area contributed by atoms with Crippen molar-refractivity contribution in [1.82, 2.24) is 9.97 Å². The molecule has 0 bridgehead atoms. The van der Waals surface area contributed by atoms with Crippen molar-refractivity contribution in [3.8, 4) is 11.1 Å². The van der Waals surface area contributed by atoms with Gasteiger partial charge in [0.15, 0.2) is 0 Å². The van der Waals surface area contributed by atoms with E-state index in [4.69, 9.17) is 0 Å². The molecule has 0 unspecified atom stereocenters. The molecule has 0 fully saturated rings. The number of hydrogen-bond donors (Lipinski definition) is 1. The first-order valence-corrected chi connectivity index (χ1v) is 13.6. The van der Waals surface area contributed by atoms with E-state index < -0.39 is 11.7 Å². The molecule has 2 aromatic heterocycles. The summed E-state index contributed by atoms with van der Waals surface area (Å²) in [7, 11) is 0. The summed E-state index contributed by atoms with van der Waals surface area (Å²) in [6, 6.07) is 31.1. The predicted molar refractivity (Wildman–Crippen MR) is 159 cm³/mol. The van der Waals surface area contributed by atoms with E-state index in [1.54, 1.807) is 36.7 Å². The third-order valence-electron chi connectivity index (χ3n) is 6.91. The number of alkyl halides is 3. The number of nitrogens with zero attached hydrogens (tertiary/aromatic N) is 3. The first-order valence-electron chi connectivity index (χ1n) is 13.6. The smallest absolute Gasteiger partial charge is 0.371 e. The number of carbonyl (C=O) groups is 1. The lowest BCUT2D eigenvalue weighted by atomic mass is 9.98. The Labute approximate surface area is 242 Å². The molecule has 5 aromatic rings. The maximum atomic E-state index is 13.3. The standard InChI is InChI=1S/C34H29F3N4O/c35-34(36,37)26-13-11-25(12-14-26)31-9-1-2-10-32(31)33(42)40-29-15-17-30(18-16-29)41(23-19-27-7-3-5-21-38-27)24-20-28-8-4-6-22-39-28/h1-18,21-22H,19-20,23-24H2,(H,40,42). The average Bonchev–Trinajstić information content (AvgIpc) is 3.02. The van der Waals surface area contributed by atoms with Crippen molar-refractivity contribution in [2.45, 2.75) is 19.0 Å². The molecule has 0 radical (unpaired) electrons. The van der Waals surface area contributed by atoms with Crippen molar-refractivity contribution >= 4 is 17.3 Å². The van der Waals surface area contributed by atoms with Crippen molar-refractivity contribution in [3.63, 3.8) is 0 Å². The summed E-state index contributed by atoms with van der Waals surface area (Å²) in [5.74, 6) is -0.347. The third-order valence-corrected chi connectivity index (χ3v) is 6.91. The van der Waals surface area contributed by atoms with Crippen LogP contribution in [0.4, 0.5) is 24.5 Å². The Morgan fingerprint density at radius 3 is 1.81 bits per heavy atom. The second-order valence-electron chi connectivity index (χ2n) is 9.75. The molecule has 8 heteroatoms. The zero-order valence-electron chi connectivity index (χ0n) is 22.8. The first kappa shape index (κ1) is 28.5. The maximum Gasteiger partial charge on any atom is 0.416 e. The fourth-order valence-electron chi connectivity index (χ4n) is 4.69. The molecule has 212 valence electrons. The van der Waals surface area contributed by atoms with Gasteiger partial charge in [0, 0.05) is 66.7 Å². The van der Waals surface area contributed by atoms with Crippen LogP contribution in [0.15, 0.2) is 122 Å². The van der Waals surface area contributed by atoms with E-state index in [2.05, 4.69) is 20.2 Å². The average molecular weight is 567 g/mol. The van der Waals surface area contributed by atoms with Gasteiger partial charge in [0.2, 0.25) is 0 Å². The Bertz CT molecular complexity index is 1550. The Balaban J connectivity index is 1.30. The number of benzene rings is 3. The highest BCUT2D eigenvalue weighted by molar-refractivity contribution is 6.08. The summed E-state index contributed by atoms with van der Waals surface area (Å²) in [5.41, 5.74) is 4.35. The van der Waals surface area contributed by atoms with Crippen LogP contribution in [0.5, 0.6) is 0 Å². The second-order valence-corrected chi connectivity index (χ2v) is 9.75. The van der Waals surface area contributed by atoms with Crippen LogP contribution in [0, 0.1) is 0 Å². The minimum absolute atomic E-state index is 0.347. The van der Waals surface area contributed by atoms with E-state index in [0.717, 1.165) is 55.1 Å². The molecule has 1 N–H and O–H groups in total. The summed E-state index contributed by atoms with van der Waals surface area (Å²) < 4.78 is 39.1. The number of pyridine rings is 2. The quantitative estimate of drug-likeness (QED) is 0.188. The van der Waals surface area contributed by atoms with Gasteiger partial charge in [-0.2, -0.15) is 13.2 Å². The van der Waals surface area contributed by atoms with Gasteiger partial charge >= 0.3 is 6.18 Å². The number of hydrogen-bond acceptors (Lipinski definition) is 4. The molecule has 0 spiro atoms. The van der Waals surface area contributed by atoms with Gasteiger partial charge in [-0.15, -0.1) is 0 Å². The Hall–Kier alpha value is -4.98. The molecule has 5 rings (SSSR count). The van der Waals surface area contributed by atoms with Gasteiger partial charge in [0.05, 0.1) is 5.56 Å². The molecule has 0 atom stereocenters. The summed E-state index contributed by atoms with van der Waals surface area (Å²) in [4.78, 5) is 24.4. The van der Waals surface area contributed by atoms with Crippen LogP contribution >= 0.6 is 0 Å². The van der Waals surface area contributed by atoms with Gasteiger partial charge in [-0.05, 0) is 77.9 Å². The van der Waals surface area contributed by atoms with Gasteiger partial charge < -0.3 is 10.2 Å². The number of amides is 1. The van der Waals surface area contributed by atoms with Crippen LogP contribution < -0.4 is 10.2 Å². The molecule has 3 aromatic carbocycles. The molecular formula is C34H29F3N4O. The lowest BCUT2D eigenvalue weighted by Crippen LogP contribution is -2.28. The molecule has 42 heavy (non-hydrogen) atoms. The van der Waals surface area contributed by atoms with Crippen molar-refractivity contribution < 1.29 is 18.0 Å². The highest BCUT2D eigenvalue weighted by Crippen LogP contribution is 2.32. The predicted octanol–water partition coefficient (Wildman–Crippen LogP) is 7.71. The monoisotopic (exact) mass is 566 g/mol.